The average Bonchev–Trinajstić information content (AvgIpc) is 1.89. The molecule has 0 bridgehead atoms. The van der Waals surface area contributed by atoms with Gasteiger partial charge in [-0.1, -0.05) is 12.7 Å². The molecule has 0 heterocycles. The maximum Gasteiger partial charge on any atom is -0.0274 e. The molecule has 0 fully saturated rings. The van der Waals surface area contributed by atoms with E-state index >= 15 is 0 Å². The predicted octanol–water partition coefficient (Wildman–Crippen LogP) is 3.07. The van der Waals surface area contributed by atoms with Crippen LogP contribution in [0.25, 0.3) is 0 Å². The molecule has 0 atom stereocenters. The lowest BCUT2D eigenvalue weighted by molar-refractivity contribution is 0.763. The maximum absolute atomic E-state index is 3.64. The zero-order valence-electron chi connectivity index (χ0n) is 5.90. The van der Waals surface area contributed by atoms with E-state index in [4.69, 9.17) is 0 Å². The molecule has 0 aromatic rings. The fourth-order valence-electron chi connectivity index (χ4n) is 0.637. The summed E-state index contributed by atoms with van der Waals surface area (Å²) in [6.07, 6.45) is 8.64. The Labute approximate surface area is 57.6 Å². The summed E-state index contributed by atoms with van der Waals surface area (Å²) in [4.78, 5) is 0. The Morgan fingerprint density at radius 1 is 1.22 bits per heavy atom. The topological polar surface area (TPSA) is 0 Å². The van der Waals surface area contributed by atoms with Crippen LogP contribution in [0.3, 0.4) is 0 Å². The molecule has 0 aliphatic heterocycles. The van der Waals surface area contributed by atoms with Crippen LogP contribution in [0.1, 0.15) is 25.7 Å². The van der Waals surface area contributed by atoms with Crippen molar-refractivity contribution in [3.05, 3.63) is 31.0 Å². The van der Waals surface area contributed by atoms with Gasteiger partial charge in [-0.15, -0.1) is 12.3 Å². The van der Waals surface area contributed by atoms with E-state index in [2.05, 4.69) is 18.9 Å². The van der Waals surface area contributed by atoms with Gasteiger partial charge in [0.25, 0.3) is 0 Å². The third-order valence-corrected chi connectivity index (χ3v) is 1.15. The summed E-state index contributed by atoms with van der Waals surface area (Å²) in [5.41, 5.74) is 2.74. The quantitative estimate of drug-likeness (QED) is 0.298. The van der Waals surface area contributed by atoms with Gasteiger partial charge in [-0.2, -0.15) is 0 Å². The van der Waals surface area contributed by atoms with Crippen LogP contribution >= 0.6 is 0 Å². The first-order chi connectivity index (χ1) is 4.41. The first-order valence-electron chi connectivity index (χ1n) is 3.37. The van der Waals surface area contributed by atoms with Crippen LogP contribution in [0.2, 0.25) is 0 Å². The van der Waals surface area contributed by atoms with E-state index in [1.807, 2.05) is 12.2 Å². The normalized spacial score (nSPS) is 8.00. The van der Waals surface area contributed by atoms with Crippen LogP contribution in [-0.4, -0.2) is 0 Å². The largest absolute Gasteiger partial charge is 0.133 e. The molecule has 0 radical (unpaired) electrons. The molecule has 0 aliphatic carbocycles. The van der Waals surface area contributed by atoms with Crippen LogP contribution in [0, 0.1) is 0 Å². The molecular formula is C9H14. The zero-order chi connectivity index (χ0) is 6.95. The van der Waals surface area contributed by atoms with Gasteiger partial charge in [0.1, 0.15) is 0 Å². The highest BCUT2D eigenvalue weighted by molar-refractivity contribution is 4.76. The van der Waals surface area contributed by atoms with Gasteiger partial charge in [-0.05, 0) is 31.8 Å². The second kappa shape index (κ2) is 7.26. The molecule has 0 spiro atoms. The third-order valence-electron chi connectivity index (χ3n) is 1.15. The minimum absolute atomic E-state index is 1.11. The van der Waals surface area contributed by atoms with Gasteiger partial charge in [0.15, 0.2) is 0 Å². The van der Waals surface area contributed by atoms with Gasteiger partial charge in [0.2, 0.25) is 0 Å². The highest BCUT2D eigenvalue weighted by atomic mass is 13.9. The van der Waals surface area contributed by atoms with Gasteiger partial charge in [-0.3, -0.25) is 0 Å². The molecule has 0 heteroatoms. The number of allylic oxidation sites excluding steroid dienone is 2. The van der Waals surface area contributed by atoms with E-state index < -0.39 is 0 Å². The lowest BCUT2D eigenvalue weighted by Gasteiger charge is -1.89. The molecule has 0 N–H and O–H groups in total. The van der Waals surface area contributed by atoms with E-state index in [0.717, 1.165) is 12.8 Å². The number of hydrogen-bond donors (Lipinski definition) is 0. The number of hydrogen-bond acceptors (Lipinski definition) is 0. The molecule has 0 amide bonds. The van der Waals surface area contributed by atoms with Crippen molar-refractivity contribution >= 4 is 0 Å². The molecule has 0 rings (SSSR count). The predicted molar refractivity (Wildman–Crippen MR) is 42.4 cm³/mol. The van der Waals surface area contributed by atoms with E-state index in [1.165, 1.54) is 12.8 Å². The number of rotatable bonds is 5. The minimum atomic E-state index is 1.11. The smallest absolute Gasteiger partial charge is 0.0274 e. The molecule has 0 aliphatic rings. The molecule has 0 saturated heterocycles. The van der Waals surface area contributed by atoms with Crippen molar-refractivity contribution in [2.75, 3.05) is 0 Å². The van der Waals surface area contributed by atoms with Gasteiger partial charge in [0.05, 0.1) is 0 Å². The molecule has 9 heavy (non-hydrogen) atoms. The van der Waals surface area contributed by atoms with E-state index in [0.29, 0.717) is 0 Å². The van der Waals surface area contributed by atoms with Crippen molar-refractivity contribution in [3.63, 3.8) is 0 Å². The Kier molecular flexibility index (Phi) is 6.66. The third kappa shape index (κ3) is 7.26. The summed E-state index contributed by atoms with van der Waals surface area (Å²) >= 11 is 0. The Balaban J connectivity index is 2.90. The van der Waals surface area contributed by atoms with E-state index in [9.17, 15) is 0 Å². The summed E-state index contributed by atoms with van der Waals surface area (Å²) in [5.74, 6) is 0. The minimum Gasteiger partial charge on any atom is -0.133 e. The SMILES string of the molecule is C=C=CCCCCC=C. The standard InChI is InChI=1S/C9H14/c1-3-5-7-9-8-6-4-2/h3,6H,1-2,5,7-9H2. The van der Waals surface area contributed by atoms with Crippen molar-refractivity contribution in [2.24, 2.45) is 0 Å². The van der Waals surface area contributed by atoms with Crippen molar-refractivity contribution in [1.82, 2.24) is 0 Å². The van der Waals surface area contributed by atoms with Crippen molar-refractivity contribution < 1.29 is 0 Å². The molecule has 50 valence electrons. The molecule has 0 aromatic heterocycles. The summed E-state index contributed by atoms with van der Waals surface area (Å²) in [5, 5.41) is 0. The summed E-state index contributed by atoms with van der Waals surface area (Å²) in [6, 6.07) is 0. The Hall–Kier alpha value is -0.740. The lowest BCUT2D eigenvalue weighted by Crippen LogP contribution is -1.69. The van der Waals surface area contributed by atoms with Crippen LogP contribution in [-0.2, 0) is 0 Å². The first kappa shape index (κ1) is 8.26. The fourth-order valence-corrected chi connectivity index (χ4v) is 0.637. The second-order valence-corrected chi connectivity index (χ2v) is 1.98. The summed E-state index contributed by atoms with van der Waals surface area (Å²) < 4.78 is 0. The molecular weight excluding hydrogens is 108 g/mol. The summed E-state index contributed by atoms with van der Waals surface area (Å²) in [7, 11) is 0. The molecule has 0 nitrogen and oxygen atoms in total. The van der Waals surface area contributed by atoms with Crippen LogP contribution in [0.4, 0.5) is 0 Å². The second-order valence-electron chi connectivity index (χ2n) is 1.98. The average molecular weight is 122 g/mol. The van der Waals surface area contributed by atoms with Gasteiger partial charge < -0.3 is 0 Å². The van der Waals surface area contributed by atoms with Crippen LogP contribution < -0.4 is 0 Å². The van der Waals surface area contributed by atoms with E-state index in [1.54, 1.807) is 0 Å². The van der Waals surface area contributed by atoms with Crippen molar-refractivity contribution in [2.45, 2.75) is 25.7 Å². The monoisotopic (exact) mass is 122 g/mol. The molecule has 0 unspecified atom stereocenters. The lowest BCUT2D eigenvalue weighted by atomic mass is 10.2. The van der Waals surface area contributed by atoms with Gasteiger partial charge in [-0.25, -0.2) is 0 Å². The Bertz CT molecular complexity index is 105. The van der Waals surface area contributed by atoms with Crippen molar-refractivity contribution in [3.8, 4) is 0 Å². The summed E-state index contributed by atoms with van der Waals surface area (Å²) in [6.45, 7) is 7.12. The number of unbranched alkanes of at least 4 members (excludes halogenated alkanes) is 3. The molecule has 0 aromatic carbocycles. The highest BCUT2D eigenvalue weighted by Crippen LogP contribution is 1.99. The first-order valence-corrected chi connectivity index (χ1v) is 3.37. The van der Waals surface area contributed by atoms with Crippen molar-refractivity contribution in [1.29, 1.82) is 0 Å². The van der Waals surface area contributed by atoms with Crippen LogP contribution in [0.15, 0.2) is 31.0 Å². The molecule has 0 saturated carbocycles. The highest BCUT2D eigenvalue weighted by Gasteiger charge is 1.80. The zero-order valence-corrected chi connectivity index (χ0v) is 5.90. The Morgan fingerprint density at radius 2 is 1.89 bits per heavy atom. The van der Waals surface area contributed by atoms with Gasteiger partial charge in [0, 0.05) is 0 Å². The van der Waals surface area contributed by atoms with E-state index in [-0.39, 0.29) is 0 Å². The van der Waals surface area contributed by atoms with Crippen LogP contribution in [0.5, 0.6) is 0 Å². The Morgan fingerprint density at radius 3 is 2.44 bits per heavy atom. The maximum atomic E-state index is 3.64. The fraction of sp³-hybridized carbons (Fsp3) is 0.444. The van der Waals surface area contributed by atoms with Gasteiger partial charge >= 0.3 is 0 Å².